The second-order valence-corrected chi connectivity index (χ2v) is 26.7. The van der Waals surface area contributed by atoms with Crippen molar-refractivity contribution in [3.05, 3.63) is 282 Å². The third-order valence-corrected chi connectivity index (χ3v) is 21.6. The number of nitrogens with zero attached hydrogens (tertiary/aromatic N) is 7. The summed E-state index contributed by atoms with van der Waals surface area (Å²) in [5.41, 5.74) is 33.9. The van der Waals surface area contributed by atoms with Crippen LogP contribution in [0.2, 0.25) is 0 Å². The molecular weight excluding hydrogens is 1120 g/mol. The van der Waals surface area contributed by atoms with Crippen LogP contribution in [0.5, 0.6) is 0 Å². The number of fused-ring (bicyclic) bond motifs is 19. The monoisotopic (exact) mass is 1180 g/mol. The second-order valence-electron chi connectivity index (χ2n) is 25.3. The van der Waals surface area contributed by atoms with Crippen LogP contribution in [0, 0.1) is 20.8 Å². The highest BCUT2D eigenvalue weighted by Gasteiger charge is 2.56. The number of para-hydroxylation sites is 8. The van der Waals surface area contributed by atoms with Gasteiger partial charge in [-0.15, -0.1) is 11.3 Å². The molecule has 424 valence electrons. The minimum atomic E-state index is -0.167. The van der Waals surface area contributed by atoms with E-state index in [1.54, 1.807) is 0 Å². The third kappa shape index (κ3) is 6.39. The van der Waals surface area contributed by atoms with Gasteiger partial charge in [0.2, 0.25) is 0 Å². The predicted octanol–water partition coefficient (Wildman–Crippen LogP) is 18.5. The summed E-state index contributed by atoms with van der Waals surface area (Å²) in [4.78, 5) is 21.0. The Kier molecular flexibility index (Phi) is 9.84. The van der Waals surface area contributed by atoms with Crippen molar-refractivity contribution in [1.82, 2.24) is 0 Å². The number of anilines is 21. The summed E-state index contributed by atoms with van der Waals surface area (Å²) < 4.78 is 0. The maximum Gasteiger partial charge on any atom is 0.252 e. The molecule has 0 bridgehead atoms. The van der Waals surface area contributed by atoms with E-state index >= 15 is 0 Å². The van der Waals surface area contributed by atoms with E-state index in [1.165, 1.54) is 144 Å². The van der Waals surface area contributed by atoms with Crippen LogP contribution in [0.1, 0.15) is 15.3 Å². The summed E-state index contributed by atoms with van der Waals surface area (Å²) in [6, 6.07) is 101. The highest BCUT2D eigenvalue weighted by molar-refractivity contribution is 7.13. The molecule has 91 heavy (non-hydrogen) atoms. The van der Waals surface area contributed by atoms with E-state index in [9.17, 15) is 0 Å². The SMILES string of the molecule is Cc1cc2c3c4c1N(c1ccccc1)c1ccccc1N4c1cc4ccccc4cc1B3c1ccc3c4c1N2c1c(C)sc(C)c1N4c1cc(N(c2ccccc2)c2ccccc2)c2c4c1B3c1cc3ccccc3cc1N4c1ccccc1N2c1ccccc1. The molecule has 0 saturated heterocycles. The fraction of sp³-hybridized carbons (Fsp3) is 0.0370. The zero-order chi connectivity index (χ0) is 59.6. The summed E-state index contributed by atoms with van der Waals surface area (Å²) in [6.07, 6.45) is 0. The average Bonchev–Trinajstić information content (AvgIpc) is 1.46. The van der Waals surface area contributed by atoms with Crippen LogP contribution in [0.3, 0.4) is 0 Å². The number of rotatable bonds is 5. The van der Waals surface area contributed by atoms with Crippen molar-refractivity contribution in [1.29, 1.82) is 0 Å². The lowest BCUT2D eigenvalue weighted by Gasteiger charge is -2.54. The van der Waals surface area contributed by atoms with Gasteiger partial charge in [0, 0.05) is 55.3 Å². The molecule has 21 rings (SSSR count). The Morgan fingerprint density at radius 3 is 1.11 bits per heavy atom. The molecule has 0 saturated carbocycles. The predicted molar refractivity (Wildman–Crippen MR) is 386 cm³/mol. The smallest absolute Gasteiger partial charge is 0.252 e. The summed E-state index contributed by atoms with van der Waals surface area (Å²) >= 11 is 1.93. The first-order valence-electron chi connectivity index (χ1n) is 31.7. The molecule has 0 radical (unpaired) electrons. The van der Waals surface area contributed by atoms with Crippen molar-refractivity contribution in [3.63, 3.8) is 0 Å². The van der Waals surface area contributed by atoms with Gasteiger partial charge in [0.25, 0.3) is 13.4 Å². The first kappa shape index (κ1) is 49.8. The van der Waals surface area contributed by atoms with Crippen molar-refractivity contribution >= 4 is 199 Å². The molecule has 0 unspecified atom stereocenters. The molecular formula is C81H53B2N7S. The first-order chi connectivity index (χ1) is 45.0. The normalized spacial score (nSPS) is 14.1. The number of benzene rings is 13. The summed E-state index contributed by atoms with van der Waals surface area (Å²) in [5.74, 6) is 0. The van der Waals surface area contributed by atoms with Crippen LogP contribution >= 0.6 is 11.3 Å². The van der Waals surface area contributed by atoms with Gasteiger partial charge < -0.3 is 34.3 Å². The van der Waals surface area contributed by atoms with E-state index in [0.29, 0.717) is 0 Å². The van der Waals surface area contributed by atoms with Crippen molar-refractivity contribution in [3.8, 4) is 0 Å². The van der Waals surface area contributed by atoms with Gasteiger partial charge in [-0.1, -0.05) is 170 Å². The Labute approximate surface area is 532 Å². The topological polar surface area (TPSA) is 22.7 Å². The van der Waals surface area contributed by atoms with Gasteiger partial charge in [-0.25, -0.2) is 0 Å². The fourth-order valence-corrected chi connectivity index (χ4v) is 18.2. The minimum absolute atomic E-state index is 0.121. The molecule has 0 spiro atoms. The molecule has 7 aliphatic rings. The number of hydrogen-bond acceptors (Lipinski definition) is 8. The maximum atomic E-state index is 2.76. The lowest BCUT2D eigenvalue weighted by Crippen LogP contribution is -2.66. The lowest BCUT2D eigenvalue weighted by atomic mass is 9.30. The van der Waals surface area contributed by atoms with Crippen molar-refractivity contribution < 1.29 is 0 Å². The molecule has 7 aliphatic heterocycles. The number of aryl methyl sites for hydroxylation is 3. The number of hydrogen-bond donors (Lipinski definition) is 0. The molecule has 0 atom stereocenters. The second kappa shape index (κ2) is 18.0. The largest absolute Gasteiger partial charge is 0.308 e. The third-order valence-electron chi connectivity index (χ3n) is 20.6. The molecule has 0 amide bonds. The van der Waals surface area contributed by atoms with E-state index in [-0.39, 0.29) is 13.4 Å². The summed E-state index contributed by atoms with van der Waals surface area (Å²) in [5, 5.41) is 4.92. The van der Waals surface area contributed by atoms with Gasteiger partial charge >= 0.3 is 0 Å². The van der Waals surface area contributed by atoms with E-state index in [4.69, 9.17) is 0 Å². The summed E-state index contributed by atoms with van der Waals surface area (Å²) in [6.45, 7) is 6.81. The average molecular weight is 1180 g/mol. The number of thiophene rings is 1. The first-order valence-corrected chi connectivity index (χ1v) is 32.5. The van der Waals surface area contributed by atoms with Crippen LogP contribution in [0.15, 0.2) is 267 Å². The van der Waals surface area contributed by atoms with E-state index in [0.717, 1.165) is 45.5 Å². The van der Waals surface area contributed by atoms with Crippen LogP contribution in [-0.4, -0.2) is 13.4 Å². The minimum Gasteiger partial charge on any atom is -0.308 e. The molecule has 10 heteroatoms. The van der Waals surface area contributed by atoms with Gasteiger partial charge in [0.05, 0.1) is 73.9 Å². The van der Waals surface area contributed by atoms with Crippen LogP contribution in [-0.2, 0) is 0 Å². The Balaban J connectivity index is 0.929. The van der Waals surface area contributed by atoms with Crippen LogP contribution in [0.4, 0.5) is 119 Å². The quantitative estimate of drug-likeness (QED) is 0.158. The lowest BCUT2D eigenvalue weighted by molar-refractivity contribution is 1.13. The van der Waals surface area contributed by atoms with Crippen LogP contribution in [0.25, 0.3) is 21.5 Å². The Hall–Kier alpha value is -11.2. The molecule has 0 aliphatic carbocycles. The van der Waals surface area contributed by atoms with Gasteiger partial charge in [0.1, 0.15) is 0 Å². The van der Waals surface area contributed by atoms with E-state index in [2.05, 4.69) is 322 Å². The Morgan fingerprint density at radius 1 is 0.275 bits per heavy atom. The van der Waals surface area contributed by atoms with Crippen LogP contribution < -0.4 is 67.1 Å². The maximum absolute atomic E-state index is 2.76. The molecule has 0 N–H and O–H groups in total. The van der Waals surface area contributed by atoms with E-state index in [1.807, 2.05) is 11.3 Å². The molecule has 14 aromatic rings. The standard InChI is InChI=1S/C81H53B2N7S/c1-48-42-69-72-80-74(48)85(57-32-12-6-13-33-57)63-36-20-22-38-65(63)87(80)67-45-53-26-18-16-24-51(53)43-61(67)82(72)59-40-41-60-78-77(59)89(69)75-49(2)91-50(3)76(75)90(78)70-47-71(84(55-28-8-4-9-29-55)56-30-10-5-11-31-56)79-81-73(70)83(60)62-44-52-25-17-19-27-54(52)46-68(62)88(81)66-39-23-21-37-64(66)86(79)58-34-14-7-15-35-58/h4-47H,1-3H3. The van der Waals surface area contributed by atoms with Crippen molar-refractivity contribution in [2.45, 2.75) is 20.8 Å². The molecule has 0 fully saturated rings. The zero-order valence-corrected chi connectivity index (χ0v) is 50.9. The van der Waals surface area contributed by atoms with Crippen molar-refractivity contribution in [2.75, 3.05) is 34.3 Å². The Morgan fingerprint density at radius 2 is 0.648 bits per heavy atom. The Bertz CT molecular complexity index is 5500. The molecule has 8 heterocycles. The van der Waals surface area contributed by atoms with E-state index < -0.39 is 0 Å². The van der Waals surface area contributed by atoms with Gasteiger partial charge in [-0.3, -0.25) is 0 Å². The molecule has 13 aromatic carbocycles. The highest BCUT2D eigenvalue weighted by atomic mass is 32.1. The zero-order valence-electron chi connectivity index (χ0n) is 50.1. The van der Waals surface area contributed by atoms with Gasteiger partial charge in [-0.2, -0.15) is 0 Å². The van der Waals surface area contributed by atoms with Crippen molar-refractivity contribution in [2.24, 2.45) is 0 Å². The van der Waals surface area contributed by atoms with Gasteiger partial charge in [0.15, 0.2) is 0 Å². The fourth-order valence-electron chi connectivity index (χ4n) is 17.2. The van der Waals surface area contributed by atoms with Gasteiger partial charge in [-0.05, 0) is 178 Å². The summed E-state index contributed by atoms with van der Waals surface area (Å²) in [7, 11) is 0. The highest BCUT2D eigenvalue weighted by Crippen LogP contribution is 2.67. The molecule has 1 aromatic heterocycles. The molecule has 7 nitrogen and oxygen atoms in total.